The average Bonchev–Trinajstić information content (AvgIpc) is 3.49. The second-order valence-electron chi connectivity index (χ2n) is 25.2. The number of ether oxygens (including phenoxy) is 3. The molecule has 0 amide bonds. The number of carbonyl (C=O) groups is 3. The number of allylic oxidation sites excluding steroid dienone is 8. The Labute approximate surface area is 518 Å². The van der Waals surface area contributed by atoms with E-state index < -0.39 is 6.10 Å². The smallest absolute Gasteiger partial charge is 0.306 e. The van der Waals surface area contributed by atoms with Crippen LogP contribution in [0.3, 0.4) is 0 Å². The largest absolute Gasteiger partial charge is 0.462 e. The van der Waals surface area contributed by atoms with E-state index in [9.17, 15) is 14.4 Å². The minimum absolute atomic E-state index is 0.0741. The van der Waals surface area contributed by atoms with Gasteiger partial charge in [-0.15, -0.1) is 0 Å². The van der Waals surface area contributed by atoms with Crippen LogP contribution in [-0.4, -0.2) is 37.2 Å². The summed E-state index contributed by atoms with van der Waals surface area (Å²) in [6, 6.07) is 0. The zero-order chi connectivity index (χ0) is 59.9. The van der Waals surface area contributed by atoms with Crippen LogP contribution < -0.4 is 0 Å². The quantitative estimate of drug-likeness (QED) is 0.0261. The molecule has 1 atom stereocenters. The summed E-state index contributed by atoms with van der Waals surface area (Å²) in [7, 11) is 0. The van der Waals surface area contributed by atoms with Gasteiger partial charge in [0.1, 0.15) is 13.2 Å². The number of carbonyl (C=O) groups excluding carboxylic acids is 3. The molecule has 6 heteroatoms. The molecule has 0 saturated heterocycles. The molecule has 0 aliphatic rings. The lowest BCUT2D eigenvalue weighted by Gasteiger charge is -2.18. The molecule has 0 aromatic rings. The topological polar surface area (TPSA) is 78.9 Å². The predicted octanol–water partition coefficient (Wildman–Crippen LogP) is 25.7. The van der Waals surface area contributed by atoms with Gasteiger partial charge < -0.3 is 14.2 Å². The monoisotopic (exact) mass is 1160 g/mol. The van der Waals surface area contributed by atoms with E-state index in [0.717, 1.165) is 77.0 Å². The maximum atomic E-state index is 13.0. The predicted molar refractivity (Wildman–Crippen MR) is 362 cm³/mol. The molecule has 0 spiro atoms. The van der Waals surface area contributed by atoms with Gasteiger partial charge in [-0.1, -0.05) is 333 Å². The third kappa shape index (κ3) is 70.0. The van der Waals surface area contributed by atoms with Gasteiger partial charge in [0.2, 0.25) is 0 Å². The van der Waals surface area contributed by atoms with E-state index in [2.05, 4.69) is 69.4 Å². The molecule has 0 rings (SSSR count). The van der Waals surface area contributed by atoms with Crippen molar-refractivity contribution in [3.63, 3.8) is 0 Å². The van der Waals surface area contributed by atoms with Crippen molar-refractivity contribution in [1.29, 1.82) is 0 Å². The van der Waals surface area contributed by atoms with Gasteiger partial charge >= 0.3 is 17.9 Å². The molecular formula is C77H142O6. The van der Waals surface area contributed by atoms with Crippen LogP contribution in [0.15, 0.2) is 48.6 Å². The summed E-state index contributed by atoms with van der Waals surface area (Å²) in [4.78, 5) is 38.5. The van der Waals surface area contributed by atoms with E-state index in [-0.39, 0.29) is 31.1 Å². The van der Waals surface area contributed by atoms with Crippen molar-refractivity contribution in [3.8, 4) is 0 Å². The molecule has 486 valence electrons. The molecule has 0 radical (unpaired) electrons. The first kappa shape index (κ1) is 80.4. The van der Waals surface area contributed by atoms with Crippen molar-refractivity contribution in [1.82, 2.24) is 0 Å². The van der Waals surface area contributed by atoms with E-state index in [1.165, 1.54) is 289 Å². The zero-order valence-corrected chi connectivity index (χ0v) is 56.0. The molecule has 0 aromatic heterocycles. The third-order valence-electron chi connectivity index (χ3n) is 16.8. The molecule has 0 aliphatic heterocycles. The lowest BCUT2D eigenvalue weighted by molar-refractivity contribution is -0.167. The molecule has 83 heavy (non-hydrogen) atoms. The highest BCUT2D eigenvalue weighted by Crippen LogP contribution is 2.18. The summed E-state index contributed by atoms with van der Waals surface area (Å²) in [6.45, 7) is 6.67. The number of esters is 3. The summed E-state index contributed by atoms with van der Waals surface area (Å²) in [5.41, 5.74) is 0. The Morgan fingerprint density at radius 3 is 0.699 bits per heavy atom. The van der Waals surface area contributed by atoms with Crippen LogP contribution >= 0.6 is 0 Å². The number of unbranched alkanes of at least 4 members (excludes halogenated alkanes) is 50. The van der Waals surface area contributed by atoms with E-state index in [4.69, 9.17) is 14.2 Å². The highest BCUT2D eigenvalue weighted by molar-refractivity contribution is 5.71. The van der Waals surface area contributed by atoms with Crippen LogP contribution in [-0.2, 0) is 28.6 Å². The Hall–Kier alpha value is -2.63. The maximum absolute atomic E-state index is 13.0. The van der Waals surface area contributed by atoms with Crippen molar-refractivity contribution >= 4 is 17.9 Å². The van der Waals surface area contributed by atoms with Gasteiger partial charge in [-0.2, -0.15) is 0 Å². The first-order chi connectivity index (χ1) is 41.0. The fourth-order valence-corrected chi connectivity index (χ4v) is 11.2. The first-order valence-electron chi connectivity index (χ1n) is 37.1. The van der Waals surface area contributed by atoms with E-state index in [1.54, 1.807) is 0 Å². The molecule has 0 saturated carbocycles. The Balaban J connectivity index is 4.26. The average molecular weight is 1160 g/mol. The summed E-state index contributed by atoms with van der Waals surface area (Å²) in [6.07, 6.45) is 91.5. The van der Waals surface area contributed by atoms with Crippen LogP contribution in [0.1, 0.15) is 406 Å². The van der Waals surface area contributed by atoms with E-state index in [0.29, 0.717) is 19.3 Å². The number of rotatable bonds is 69. The summed E-state index contributed by atoms with van der Waals surface area (Å²) < 4.78 is 17.0. The zero-order valence-electron chi connectivity index (χ0n) is 56.0. The molecule has 0 heterocycles. The van der Waals surface area contributed by atoms with Gasteiger partial charge in [0, 0.05) is 19.3 Å². The maximum Gasteiger partial charge on any atom is 0.306 e. The molecule has 0 aromatic carbocycles. The summed E-state index contributed by atoms with van der Waals surface area (Å²) in [5, 5.41) is 0. The standard InChI is InChI=1S/C77H142O6/c1-4-7-10-13-16-19-22-25-28-30-32-34-36-37-38-39-41-42-44-46-49-52-55-58-61-64-67-70-76(79)82-73-74(72-81-75(78)69-66-63-60-57-54-51-48-27-24-21-18-15-12-9-6-3)83-77(80)71-68-65-62-59-56-53-50-47-45-43-40-35-33-31-29-26-23-20-17-14-11-8-5-2/h18,21,27,30-33,48,74H,4-17,19-20,22-26,28-29,34-47,49-73H2,1-3H3/b21-18-,32-30-,33-31-,48-27-. The molecule has 0 fully saturated rings. The molecule has 1 unspecified atom stereocenters. The molecular weight excluding hydrogens is 1020 g/mol. The van der Waals surface area contributed by atoms with Gasteiger partial charge in [0.15, 0.2) is 6.10 Å². The Morgan fingerprint density at radius 2 is 0.434 bits per heavy atom. The first-order valence-corrected chi connectivity index (χ1v) is 37.1. The van der Waals surface area contributed by atoms with E-state index >= 15 is 0 Å². The minimum Gasteiger partial charge on any atom is -0.462 e. The second-order valence-corrected chi connectivity index (χ2v) is 25.2. The molecule has 0 bridgehead atoms. The highest BCUT2D eigenvalue weighted by Gasteiger charge is 2.19. The van der Waals surface area contributed by atoms with Crippen molar-refractivity contribution in [2.24, 2.45) is 0 Å². The van der Waals surface area contributed by atoms with Gasteiger partial charge in [-0.3, -0.25) is 14.4 Å². The Kier molecular flexibility index (Phi) is 69.6. The van der Waals surface area contributed by atoms with Crippen molar-refractivity contribution < 1.29 is 28.6 Å². The van der Waals surface area contributed by atoms with Crippen molar-refractivity contribution in [3.05, 3.63) is 48.6 Å². The van der Waals surface area contributed by atoms with Gasteiger partial charge in [0.05, 0.1) is 0 Å². The Morgan fingerprint density at radius 1 is 0.241 bits per heavy atom. The van der Waals surface area contributed by atoms with Crippen LogP contribution in [0.25, 0.3) is 0 Å². The minimum atomic E-state index is -0.780. The SMILES string of the molecule is CCCCC/C=C\C/C=C\CCCCCCCC(=O)OCC(COC(=O)CCCCCCCCCCCCCCCCC/C=C\CCCCCCCCCC)OC(=O)CCCCCCCCCCCCC/C=C\CCCCCCCCCC. The molecule has 0 aliphatic carbocycles. The van der Waals surface area contributed by atoms with E-state index in [1.807, 2.05) is 0 Å². The van der Waals surface area contributed by atoms with Crippen molar-refractivity contribution in [2.75, 3.05) is 13.2 Å². The Bertz CT molecular complexity index is 1430. The molecule has 6 nitrogen and oxygen atoms in total. The summed E-state index contributed by atoms with van der Waals surface area (Å²) in [5.74, 6) is -0.862. The van der Waals surface area contributed by atoms with Gasteiger partial charge in [-0.05, 0) is 103 Å². The third-order valence-corrected chi connectivity index (χ3v) is 16.8. The fraction of sp³-hybridized carbons (Fsp3) is 0.857. The second kappa shape index (κ2) is 71.8. The van der Waals surface area contributed by atoms with Gasteiger partial charge in [-0.25, -0.2) is 0 Å². The lowest BCUT2D eigenvalue weighted by Crippen LogP contribution is -2.30. The van der Waals surface area contributed by atoms with Gasteiger partial charge in [0.25, 0.3) is 0 Å². The number of hydrogen-bond acceptors (Lipinski definition) is 6. The fourth-order valence-electron chi connectivity index (χ4n) is 11.2. The number of hydrogen-bond donors (Lipinski definition) is 0. The van der Waals surface area contributed by atoms with Crippen LogP contribution in [0.2, 0.25) is 0 Å². The summed E-state index contributed by atoms with van der Waals surface area (Å²) >= 11 is 0. The van der Waals surface area contributed by atoms with Crippen molar-refractivity contribution in [2.45, 2.75) is 412 Å². The van der Waals surface area contributed by atoms with Crippen LogP contribution in [0.4, 0.5) is 0 Å². The highest BCUT2D eigenvalue weighted by atomic mass is 16.6. The van der Waals surface area contributed by atoms with Crippen LogP contribution in [0.5, 0.6) is 0 Å². The lowest BCUT2D eigenvalue weighted by atomic mass is 10.0. The molecule has 0 N–H and O–H groups in total. The normalized spacial score (nSPS) is 12.3. The van der Waals surface area contributed by atoms with Crippen LogP contribution in [0, 0.1) is 0 Å².